The number of benzene rings is 7. The first-order valence-corrected chi connectivity index (χ1v) is 14.0. The highest BCUT2D eigenvalue weighted by atomic mass is 16.3. The van der Waals surface area contributed by atoms with Gasteiger partial charge in [-0.05, 0) is 61.5 Å². The van der Waals surface area contributed by atoms with Gasteiger partial charge in [0.1, 0.15) is 11.3 Å². The van der Waals surface area contributed by atoms with Crippen molar-refractivity contribution in [2.45, 2.75) is 0 Å². The Hall–Kier alpha value is -5.40. The quantitative estimate of drug-likeness (QED) is 0.210. The molecule has 7 aromatic carbocycles. The Balaban J connectivity index is 1.41. The summed E-state index contributed by atoms with van der Waals surface area (Å²) in [5.74, 6) is 0.897. The molecule has 0 aliphatic rings. The van der Waals surface area contributed by atoms with Crippen LogP contribution in [-0.2, 0) is 0 Å². The lowest BCUT2D eigenvalue weighted by atomic mass is 9.85. The van der Waals surface area contributed by atoms with E-state index in [0.717, 1.165) is 33.4 Å². The van der Waals surface area contributed by atoms with Gasteiger partial charge >= 0.3 is 0 Å². The van der Waals surface area contributed by atoms with Gasteiger partial charge in [0.2, 0.25) is 0 Å². The number of furan rings is 1. The minimum atomic E-state index is 0.897. The molecule has 1 heteroatoms. The average molecular weight is 523 g/mol. The predicted octanol–water partition coefficient (Wildman–Crippen LogP) is 11.4. The van der Waals surface area contributed by atoms with E-state index in [9.17, 15) is 0 Å². The molecule has 0 N–H and O–H groups in total. The van der Waals surface area contributed by atoms with E-state index in [1.54, 1.807) is 0 Å². The normalized spacial score (nSPS) is 11.4. The highest BCUT2D eigenvalue weighted by molar-refractivity contribution is 6.21. The molecule has 1 heterocycles. The van der Waals surface area contributed by atoms with Gasteiger partial charge in [-0.15, -0.1) is 0 Å². The van der Waals surface area contributed by atoms with Crippen molar-refractivity contribution in [3.8, 4) is 44.7 Å². The third-order valence-corrected chi connectivity index (χ3v) is 8.07. The van der Waals surface area contributed by atoms with Crippen LogP contribution in [0.2, 0.25) is 0 Å². The highest BCUT2D eigenvalue weighted by Crippen LogP contribution is 2.46. The Morgan fingerprint density at radius 2 is 0.707 bits per heavy atom. The molecule has 0 unspecified atom stereocenters. The molecule has 0 saturated heterocycles. The van der Waals surface area contributed by atoms with E-state index in [1.807, 2.05) is 6.07 Å². The molecular formula is C40H26O. The van der Waals surface area contributed by atoms with Crippen LogP contribution in [0.25, 0.3) is 77.2 Å². The van der Waals surface area contributed by atoms with Crippen molar-refractivity contribution in [1.29, 1.82) is 0 Å². The van der Waals surface area contributed by atoms with Crippen molar-refractivity contribution in [3.63, 3.8) is 0 Å². The summed E-state index contributed by atoms with van der Waals surface area (Å²) in [7, 11) is 0. The lowest BCUT2D eigenvalue weighted by Crippen LogP contribution is -1.91. The Morgan fingerprint density at radius 3 is 1.29 bits per heavy atom. The molecule has 0 aliphatic heterocycles. The summed E-state index contributed by atoms with van der Waals surface area (Å²) in [5.41, 5.74) is 9.18. The molecule has 0 saturated carbocycles. The molecule has 0 radical (unpaired) electrons. The molecule has 0 fully saturated rings. The van der Waals surface area contributed by atoms with E-state index in [-0.39, 0.29) is 0 Å². The molecule has 0 spiro atoms. The van der Waals surface area contributed by atoms with Crippen LogP contribution in [-0.4, -0.2) is 0 Å². The number of fused-ring (bicyclic) bond motifs is 3. The number of hydrogen-bond donors (Lipinski definition) is 0. The fourth-order valence-corrected chi connectivity index (χ4v) is 6.31. The molecule has 1 aromatic heterocycles. The predicted molar refractivity (Wildman–Crippen MR) is 173 cm³/mol. The van der Waals surface area contributed by atoms with Crippen LogP contribution in [0.1, 0.15) is 0 Å². The maximum absolute atomic E-state index is 6.58. The van der Waals surface area contributed by atoms with Crippen LogP contribution in [0.3, 0.4) is 0 Å². The number of para-hydroxylation sites is 1. The topological polar surface area (TPSA) is 13.1 Å². The van der Waals surface area contributed by atoms with Gasteiger partial charge in [0, 0.05) is 16.5 Å². The highest BCUT2D eigenvalue weighted by Gasteiger charge is 2.20. The zero-order valence-electron chi connectivity index (χ0n) is 22.4. The van der Waals surface area contributed by atoms with Crippen LogP contribution < -0.4 is 0 Å². The van der Waals surface area contributed by atoms with Gasteiger partial charge < -0.3 is 4.42 Å². The first-order valence-electron chi connectivity index (χ1n) is 14.0. The zero-order valence-corrected chi connectivity index (χ0v) is 22.4. The minimum Gasteiger partial charge on any atom is -0.455 e. The lowest BCUT2D eigenvalue weighted by Gasteiger charge is -2.18. The van der Waals surface area contributed by atoms with Crippen LogP contribution in [0.5, 0.6) is 0 Å². The summed E-state index contributed by atoms with van der Waals surface area (Å²) in [6.45, 7) is 0. The van der Waals surface area contributed by atoms with Gasteiger partial charge in [0.25, 0.3) is 0 Å². The van der Waals surface area contributed by atoms with Crippen LogP contribution in [0.4, 0.5) is 0 Å². The molecule has 8 aromatic rings. The van der Waals surface area contributed by atoms with Gasteiger partial charge in [-0.1, -0.05) is 146 Å². The van der Waals surface area contributed by atoms with Gasteiger partial charge in [-0.25, -0.2) is 0 Å². The first-order chi connectivity index (χ1) is 20.4. The monoisotopic (exact) mass is 522 g/mol. The van der Waals surface area contributed by atoms with E-state index >= 15 is 0 Å². The Kier molecular flexibility index (Phi) is 5.53. The van der Waals surface area contributed by atoms with Crippen molar-refractivity contribution in [1.82, 2.24) is 0 Å². The third kappa shape index (κ3) is 3.86. The largest absolute Gasteiger partial charge is 0.455 e. The standard InChI is InChI=1S/C40H26O/c1-3-14-27(15-4-1)37-31-20-7-9-22-33(31)38(34-23-10-8-21-32(34)37)29-18-13-19-30(26-29)40-39(28-16-5-2-6-17-28)35-24-11-12-25-36(35)41-40/h1-26H. The second kappa shape index (κ2) is 9.66. The smallest absolute Gasteiger partial charge is 0.143 e. The molecular weight excluding hydrogens is 496 g/mol. The van der Waals surface area contributed by atoms with Crippen LogP contribution in [0.15, 0.2) is 162 Å². The molecule has 0 bridgehead atoms. The zero-order chi connectivity index (χ0) is 27.2. The molecule has 0 aliphatic carbocycles. The van der Waals surface area contributed by atoms with E-state index in [4.69, 9.17) is 4.42 Å². The van der Waals surface area contributed by atoms with Gasteiger partial charge in [0.05, 0.1) is 0 Å². The van der Waals surface area contributed by atoms with Gasteiger partial charge in [-0.3, -0.25) is 0 Å². The maximum Gasteiger partial charge on any atom is 0.143 e. The van der Waals surface area contributed by atoms with Crippen LogP contribution >= 0.6 is 0 Å². The van der Waals surface area contributed by atoms with Crippen molar-refractivity contribution in [3.05, 3.63) is 158 Å². The number of hydrogen-bond acceptors (Lipinski definition) is 1. The summed E-state index contributed by atoms with van der Waals surface area (Å²) in [6, 6.07) is 56.0. The maximum atomic E-state index is 6.58. The fourth-order valence-electron chi connectivity index (χ4n) is 6.31. The summed E-state index contributed by atoms with van der Waals surface area (Å²) in [6.07, 6.45) is 0. The number of rotatable bonds is 4. The Morgan fingerprint density at radius 1 is 0.293 bits per heavy atom. The third-order valence-electron chi connectivity index (χ3n) is 8.07. The van der Waals surface area contributed by atoms with E-state index < -0.39 is 0 Å². The summed E-state index contributed by atoms with van der Waals surface area (Å²) >= 11 is 0. The summed E-state index contributed by atoms with van der Waals surface area (Å²) in [4.78, 5) is 0. The SMILES string of the molecule is c1ccc(-c2c(-c3cccc(-c4c5ccccc5c(-c5ccccc5)c5ccccc45)c3)oc3ccccc23)cc1. The Labute approximate surface area is 238 Å². The lowest BCUT2D eigenvalue weighted by molar-refractivity contribution is 0.632. The van der Waals surface area contributed by atoms with E-state index in [0.29, 0.717) is 0 Å². The van der Waals surface area contributed by atoms with E-state index in [1.165, 1.54) is 43.8 Å². The minimum absolute atomic E-state index is 0.897. The summed E-state index contributed by atoms with van der Waals surface area (Å²) < 4.78 is 6.58. The van der Waals surface area contributed by atoms with Gasteiger partial charge in [-0.2, -0.15) is 0 Å². The molecule has 41 heavy (non-hydrogen) atoms. The molecule has 8 rings (SSSR count). The van der Waals surface area contributed by atoms with Gasteiger partial charge in [0.15, 0.2) is 0 Å². The van der Waals surface area contributed by atoms with E-state index in [2.05, 4.69) is 152 Å². The second-order valence-corrected chi connectivity index (χ2v) is 10.5. The van der Waals surface area contributed by atoms with Crippen molar-refractivity contribution >= 4 is 32.5 Å². The average Bonchev–Trinajstić information content (AvgIpc) is 3.44. The van der Waals surface area contributed by atoms with Crippen molar-refractivity contribution in [2.24, 2.45) is 0 Å². The summed E-state index contributed by atoms with van der Waals surface area (Å²) in [5, 5.41) is 6.13. The molecule has 1 nitrogen and oxygen atoms in total. The van der Waals surface area contributed by atoms with Crippen LogP contribution in [0, 0.1) is 0 Å². The molecule has 192 valence electrons. The molecule has 0 atom stereocenters. The first kappa shape index (κ1) is 23.5. The van der Waals surface area contributed by atoms with Crippen molar-refractivity contribution in [2.75, 3.05) is 0 Å². The fraction of sp³-hybridized carbons (Fsp3) is 0. The second-order valence-electron chi connectivity index (χ2n) is 10.5. The Bertz CT molecular complexity index is 2130. The molecule has 0 amide bonds. The van der Waals surface area contributed by atoms with Crippen molar-refractivity contribution < 1.29 is 4.42 Å².